The van der Waals surface area contributed by atoms with Gasteiger partial charge in [-0.05, 0) is 30.4 Å². The van der Waals surface area contributed by atoms with Crippen LogP contribution in [0.5, 0.6) is 0 Å². The number of halogens is 3. The summed E-state index contributed by atoms with van der Waals surface area (Å²) in [5.74, 6) is 1.64. The van der Waals surface area contributed by atoms with Crippen molar-refractivity contribution in [3.05, 3.63) is 23.9 Å². The highest BCUT2D eigenvalue weighted by Gasteiger charge is 2.43. The Balaban J connectivity index is 1.63. The predicted octanol–water partition coefficient (Wildman–Crippen LogP) is 2.32. The van der Waals surface area contributed by atoms with Gasteiger partial charge in [0.05, 0.1) is 6.54 Å². The van der Waals surface area contributed by atoms with Crippen molar-refractivity contribution >= 4 is 5.82 Å². The lowest BCUT2D eigenvalue weighted by Crippen LogP contribution is -2.35. The second kappa shape index (κ2) is 4.91. The highest BCUT2D eigenvalue weighted by atomic mass is 19.4. The van der Waals surface area contributed by atoms with E-state index < -0.39 is 12.7 Å². The molecule has 3 nitrogen and oxygen atoms in total. The van der Waals surface area contributed by atoms with Crippen molar-refractivity contribution in [2.45, 2.75) is 13.1 Å². The number of nitrogens with zero attached hydrogens (tertiary/aromatic N) is 3. The van der Waals surface area contributed by atoms with E-state index in [2.05, 4.69) is 9.88 Å². The van der Waals surface area contributed by atoms with Gasteiger partial charge in [-0.1, -0.05) is 6.07 Å². The first-order valence-electron chi connectivity index (χ1n) is 6.88. The molecular weight excluding hydrogens is 267 g/mol. The number of pyridine rings is 1. The van der Waals surface area contributed by atoms with Gasteiger partial charge in [0, 0.05) is 32.4 Å². The largest absolute Gasteiger partial charge is 0.401 e. The van der Waals surface area contributed by atoms with E-state index in [1.807, 2.05) is 19.1 Å². The van der Waals surface area contributed by atoms with E-state index in [1.165, 1.54) is 4.90 Å². The third-order valence-electron chi connectivity index (χ3n) is 4.25. The van der Waals surface area contributed by atoms with Crippen molar-refractivity contribution in [1.29, 1.82) is 0 Å². The summed E-state index contributed by atoms with van der Waals surface area (Å²) in [6.07, 6.45) is -2.32. The van der Waals surface area contributed by atoms with Gasteiger partial charge in [-0.2, -0.15) is 13.2 Å². The Morgan fingerprint density at radius 2 is 1.85 bits per heavy atom. The fraction of sp³-hybridized carbons (Fsp3) is 0.643. The Labute approximate surface area is 116 Å². The van der Waals surface area contributed by atoms with Crippen molar-refractivity contribution in [3.8, 4) is 0 Å². The third-order valence-corrected chi connectivity index (χ3v) is 4.25. The van der Waals surface area contributed by atoms with Crippen LogP contribution in [-0.4, -0.2) is 48.8 Å². The van der Waals surface area contributed by atoms with Crippen LogP contribution >= 0.6 is 0 Å². The van der Waals surface area contributed by atoms with Gasteiger partial charge in [0.1, 0.15) is 5.82 Å². The quantitative estimate of drug-likeness (QED) is 0.831. The molecule has 3 heterocycles. The molecule has 0 bridgehead atoms. The van der Waals surface area contributed by atoms with Crippen molar-refractivity contribution in [2.75, 3.05) is 37.6 Å². The van der Waals surface area contributed by atoms with Crippen LogP contribution in [0.2, 0.25) is 0 Å². The number of hydrogen-bond acceptors (Lipinski definition) is 3. The summed E-state index contributed by atoms with van der Waals surface area (Å²) in [5, 5.41) is 0. The molecule has 0 radical (unpaired) electrons. The highest BCUT2D eigenvalue weighted by molar-refractivity contribution is 5.47. The average Bonchev–Trinajstić information content (AvgIpc) is 2.84. The molecule has 0 saturated carbocycles. The standard InChI is InChI=1S/C14H18F3N3/c1-10-3-2-4-18-13(10)20-7-11-5-19(6-12(11)8-20)9-14(15,16)17/h2-4,11-12H,5-9H2,1H3. The van der Waals surface area contributed by atoms with Crippen molar-refractivity contribution < 1.29 is 13.2 Å². The van der Waals surface area contributed by atoms with Gasteiger partial charge in [-0.25, -0.2) is 4.98 Å². The summed E-state index contributed by atoms with van der Waals surface area (Å²) in [6.45, 7) is 3.97. The van der Waals surface area contributed by atoms with Gasteiger partial charge >= 0.3 is 6.18 Å². The van der Waals surface area contributed by atoms with Crippen molar-refractivity contribution in [2.24, 2.45) is 11.8 Å². The monoisotopic (exact) mass is 285 g/mol. The molecule has 20 heavy (non-hydrogen) atoms. The number of alkyl halides is 3. The van der Waals surface area contributed by atoms with E-state index in [0.29, 0.717) is 24.9 Å². The molecular formula is C14H18F3N3. The van der Waals surface area contributed by atoms with Crippen molar-refractivity contribution in [1.82, 2.24) is 9.88 Å². The Morgan fingerprint density at radius 1 is 1.20 bits per heavy atom. The van der Waals surface area contributed by atoms with E-state index in [9.17, 15) is 13.2 Å². The first kappa shape index (κ1) is 13.7. The lowest BCUT2D eigenvalue weighted by atomic mass is 10.0. The van der Waals surface area contributed by atoms with Gasteiger partial charge in [0.2, 0.25) is 0 Å². The maximum atomic E-state index is 12.4. The lowest BCUT2D eigenvalue weighted by molar-refractivity contribution is -0.144. The van der Waals surface area contributed by atoms with Crippen LogP contribution in [0.25, 0.3) is 0 Å². The molecule has 0 N–H and O–H groups in total. The summed E-state index contributed by atoms with van der Waals surface area (Å²) >= 11 is 0. The van der Waals surface area contributed by atoms with E-state index in [0.717, 1.165) is 24.5 Å². The molecule has 1 aromatic rings. The van der Waals surface area contributed by atoms with Gasteiger partial charge < -0.3 is 4.90 Å². The summed E-state index contributed by atoms with van der Waals surface area (Å²) in [4.78, 5) is 8.16. The van der Waals surface area contributed by atoms with Gasteiger partial charge in [-0.15, -0.1) is 0 Å². The Hall–Kier alpha value is -1.30. The van der Waals surface area contributed by atoms with E-state index in [4.69, 9.17) is 0 Å². The molecule has 0 amide bonds. The first-order valence-corrected chi connectivity index (χ1v) is 6.88. The molecule has 2 fully saturated rings. The van der Waals surface area contributed by atoms with E-state index in [1.54, 1.807) is 6.20 Å². The van der Waals surface area contributed by atoms with Gasteiger partial charge in [0.25, 0.3) is 0 Å². The highest BCUT2D eigenvalue weighted by Crippen LogP contribution is 2.35. The number of anilines is 1. The minimum atomic E-state index is -4.09. The van der Waals surface area contributed by atoms with Crippen molar-refractivity contribution in [3.63, 3.8) is 0 Å². The Morgan fingerprint density at radius 3 is 2.40 bits per heavy atom. The fourth-order valence-electron chi connectivity index (χ4n) is 3.45. The maximum Gasteiger partial charge on any atom is 0.401 e. The maximum absolute atomic E-state index is 12.4. The molecule has 3 rings (SSSR count). The number of aryl methyl sites for hydroxylation is 1. The minimum absolute atomic E-state index is 0.332. The van der Waals surface area contributed by atoms with Gasteiger partial charge in [-0.3, -0.25) is 4.90 Å². The smallest absolute Gasteiger partial charge is 0.356 e. The number of likely N-dealkylation sites (tertiary alicyclic amines) is 1. The predicted molar refractivity (Wildman–Crippen MR) is 70.7 cm³/mol. The number of hydrogen-bond donors (Lipinski definition) is 0. The summed E-state index contributed by atoms with van der Waals surface area (Å²) < 4.78 is 37.2. The summed E-state index contributed by atoms with van der Waals surface area (Å²) in [7, 11) is 0. The van der Waals surface area contributed by atoms with Gasteiger partial charge in [0.15, 0.2) is 0 Å². The zero-order chi connectivity index (χ0) is 14.3. The number of rotatable bonds is 2. The molecule has 2 atom stereocenters. The molecule has 0 aliphatic carbocycles. The zero-order valence-electron chi connectivity index (χ0n) is 11.4. The average molecular weight is 285 g/mol. The fourth-order valence-corrected chi connectivity index (χ4v) is 3.45. The number of aromatic nitrogens is 1. The van der Waals surface area contributed by atoms with Crippen LogP contribution in [0.4, 0.5) is 19.0 Å². The third kappa shape index (κ3) is 2.75. The van der Waals surface area contributed by atoms with Crippen LogP contribution in [0, 0.1) is 18.8 Å². The Kier molecular flexibility index (Phi) is 3.36. The Bertz CT molecular complexity index is 475. The lowest BCUT2D eigenvalue weighted by Gasteiger charge is -2.23. The molecule has 2 aliphatic rings. The van der Waals surface area contributed by atoms with Crippen LogP contribution in [0.15, 0.2) is 18.3 Å². The molecule has 2 saturated heterocycles. The van der Waals surface area contributed by atoms with Crippen LogP contribution < -0.4 is 4.90 Å². The molecule has 2 aliphatic heterocycles. The van der Waals surface area contributed by atoms with Crippen LogP contribution in [-0.2, 0) is 0 Å². The molecule has 2 unspecified atom stereocenters. The molecule has 110 valence electrons. The van der Waals surface area contributed by atoms with E-state index in [-0.39, 0.29) is 0 Å². The summed E-state index contributed by atoms with van der Waals surface area (Å²) in [6, 6.07) is 3.92. The SMILES string of the molecule is Cc1cccnc1N1CC2CN(CC(F)(F)F)CC2C1. The molecule has 6 heteroatoms. The second-order valence-electron chi connectivity index (χ2n) is 5.88. The minimum Gasteiger partial charge on any atom is -0.356 e. The molecule has 1 aromatic heterocycles. The topological polar surface area (TPSA) is 19.4 Å². The number of fused-ring (bicyclic) bond motifs is 1. The van der Waals surface area contributed by atoms with Crippen LogP contribution in [0.3, 0.4) is 0 Å². The van der Waals surface area contributed by atoms with Crippen LogP contribution in [0.1, 0.15) is 5.56 Å². The summed E-state index contributed by atoms with van der Waals surface area (Å²) in [5.41, 5.74) is 1.12. The molecule has 0 spiro atoms. The van der Waals surface area contributed by atoms with E-state index >= 15 is 0 Å². The molecule has 0 aromatic carbocycles. The zero-order valence-corrected chi connectivity index (χ0v) is 11.4. The normalized spacial score (nSPS) is 27.1. The second-order valence-corrected chi connectivity index (χ2v) is 5.88. The first-order chi connectivity index (χ1) is 9.42.